The van der Waals surface area contributed by atoms with Gasteiger partial charge in [-0.3, -0.25) is 4.79 Å². The first-order valence-corrected chi connectivity index (χ1v) is 8.07. The zero-order chi connectivity index (χ0) is 17.4. The highest BCUT2D eigenvalue weighted by Gasteiger charge is 2.30. The van der Waals surface area contributed by atoms with Gasteiger partial charge in [0.15, 0.2) is 5.65 Å². The average molecular weight is 338 g/mol. The smallest absolute Gasteiger partial charge is 0.231 e. The van der Waals surface area contributed by atoms with Gasteiger partial charge in [-0.05, 0) is 37.1 Å². The molecule has 1 aromatic carbocycles. The molecular weight excluding hydrogens is 320 g/mol. The normalized spacial score (nSPS) is 13.7. The monoisotopic (exact) mass is 338 g/mol. The fourth-order valence-corrected chi connectivity index (χ4v) is 2.66. The van der Waals surface area contributed by atoms with Gasteiger partial charge in [-0.15, -0.1) is 5.10 Å². The summed E-state index contributed by atoms with van der Waals surface area (Å²) in [5.41, 5.74) is 3.00. The van der Waals surface area contributed by atoms with Crippen LogP contribution in [0.15, 0.2) is 36.5 Å². The first-order chi connectivity index (χ1) is 12.2. The topological polar surface area (TPSA) is 77.8 Å². The van der Waals surface area contributed by atoms with Gasteiger partial charge in [-0.25, -0.2) is 9.50 Å². The van der Waals surface area contributed by atoms with E-state index in [0.717, 1.165) is 29.7 Å². The van der Waals surface area contributed by atoms with Crippen LogP contribution < -0.4 is 14.8 Å². The Morgan fingerprint density at radius 3 is 2.76 bits per heavy atom. The van der Waals surface area contributed by atoms with E-state index < -0.39 is 0 Å². The quantitative estimate of drug-likeness (QED) is 0.774. The Morgan fingerprint density at radius 2 is 2.04 bits per heavy atom. The minimum Gasteiger partial charge on any atom is -0.495 e. The Bertz CT molecular complexity index is 947. The van der Waals surface area contributed by atoms with E-state index in [1.165, 1.54) is 0 Å². The van der Waals surface area contributed by atoms with Crippen molar-refractivity contribution < 1.29 is 14.3 Å². The molecule has 2 aromatic heterocycles. The number of carbonyl (C=O) groups excluding carboxylic acids is 1. The second-order valence-corrected chi connectivity index (χ2v) is 5.98. The number of ether oxygens (including phenoxy) is 2. The number of fused-ring (bicyclic) bond motifs is 1. The van der Waals surface area contributed by atoms with Crippen LogP contribution in [0.1, 0.15) is 12.8 Å². The molecule has 128 valence electrons. The molecule has 1 N–H and O–H groups in total. The summed E-state index contributed by atoms with van der Waals surface area (Å²) in [5.74, 6) is 1.31. The number of benzene rings is 1. The van der Waals surface area contributed by atoms with Crippen LogP contribution in [0.3, 0.4) is 0 Å². The number of hydrogen-bond acceptors (Lipinski definition) is 5. The maximum absolute atomic E-state index is 12.1. The molecule has 3 aromatic rings. The molecule has 1 aliphatic rings. The van der Waals surface area contributed by atoms with Gasteiger partial charge in [0.25, 0.3) is 0 Å². The Morgan fingerprint density at radius 1 is 1.20 bits per heavy atom. The molecule has 0 spiro atoms. The van der Waals surface area contributed by atoms with Crippen molar-refractivity contribution in [2.45, 2.75) is 12.8 Å². The molecule has 1 aliphatic carbocycles. The number of carbonyl (C=O) groups is 1. The molecule has 0 atom stereocenters. The molecular formula is C18H18N4O3. The van der Waals surface area contributed by atoms with Gasteiger partial charge in [0.2, 0.25) is 11.8 Å². The fourth-order valence-electron chi connectivity index (χ4n) is 2.66. The largest absolute Gasteiger partial charge is 0.495 e. The van der Waals surface area contributed by atoms with Crippen molar-refractivity contribution in [3.63, 3.8) is 0 Å². The molecule has 1 amide bonds. The van der Waals surface area contributed by atoms with Gasteiger partial charge < -0.3 is 14.8 Å². The van der Waals surface area contributed by atoms with Crippen LogP contribution in [0, 0.1) is 5.92 Å². The van der Waals surface area contributed by atoms with Gasteiger partial charge in [0.1, 0.15) is 5.75 Å². The van der Waals surface area contributed by atoms with E-state index in [0.29, 0.717) is 17.3 Å². The molecule has 0 aliphatic heterocycles. The third-order valence-corrected chi connectivity index (χ3v) is 4.21. The van der Waals surface area contributed by atoms with Gasteiger partial charge in [0, 0.05) is 17.5 Å². The van der Waals surface area contributed by atoms with E-state index in [4.69, 9.17) is 9.47 Å². The third kappa shape index (κ3) is 3.00. The number of nitrogens with one attached hydrogen (secondary N) is 1. The van der Waals surface area contributed by atoms with Crippen molar-refractivity contribution in [2.24, 2.45) is 5.92 Å². The van der Waals surface area contributed by atoms with E-state index in [2.05, 4.69) is 15.4 Å². The molecule has 4 rings (SSSR count). The van der Waals surface area contributed by atoms with Crippen molar-refractivity contribution in [2.75, 3.05) is 19.5 Å². The highest BCUT2D eigenvalue weighted by atomic mass is 16.5. The number of rotatable bonds is 5. The lowest BCUT2D eigenvalue weighted by atomic mass is 10.1. The Labute approximate surface area is 144 Å². The molecule has 0 saturated heterocycles. The minimum absolute atomic E-state index is 0.0388. The van der Waals surface area contributed by atoms with Crippen LogP contribution in [0.25, 0.3) is 16.9 Å². The molecule has 1 fully saturated rings. The lowest BCUT2D eigenvalue weighted by Crippen LogP contribution is -2.14. The van der Waals surface area contributed by atoms with Crippen molar-refractivity contribution in [3.8, 4) is 22.9 Å². The van der Waals surface area contributed by atoms with Crippen LogP contribution in [0.5, 0.6) is 11.6 Å². The summed E-state index contributed by atoms with van der Waals surface area (Å²) in [6.07, 6.45) is 3.73. The maximum atomic E-state index is 12.1. The second kappa shape index (κ2) is 6.08. The molecule has 1 saturated carbocycles. The number of anilines is 1. The first-order valence-electron chi connectivity index (χ1n) is 8.07. The van der Waals surface area contributed by atoms with Crippen LogP contribution in [-0.4, -0.2) is 34.7 Å². The molecule has 0 bridgehead atoms. The molecule has 0 unspecified atom stereocenters. The lowest BCUT2D eigenvalue weighted by Gasteiger charge is -2.11. The molecule has 0 radical (unpaired) electrons. The summed E-state index contributed by atoms with van der Waals surface area (Å²) in [5, 5.41) is 7.26. The Kier molecular flexibility index (Phi) is 3.76. The summed E-state index contributed by atoms with van der Waals surface area (Å²) in [6.45, 7) is 0. The fraction of sp³-hybridized carbons (Fsp3) is 0.278. The number of imidazole rings is 1. The number of nitrogens with zero attached hydrogens (tertiary/aromatic N) is 3. The zero-order valence-corrected chi connectivity index (χ0v) is 14.0. The van der Waals surface area contributed by atoms with Crippen molar-refractivity contribution in [1.29, 1.82) is 0 Å². The molecule has 7 heteroatoms. The summed E-state index contributed by atoms with van der Waals surface area (Å²) in [7, 11) is 3.16. The van der Waals surface area contributed by atoms with Gasteiger partial charge >= 0.3 is 0 Å². The predicted octanol–water partition coefficient (Wildman–Crippen LogP) is 2.76. The zero-order valence-electron chi connectivity index (χ0n) is 14.0. The second-order valence-electron chi connectivity index (χ2n) is 5.98. The van der Waals surface area contributed by atoms with E-state index in [9.17, 15) is 4.79 Å². The standard InChI is InChI=1S/C18H18N4O3/c1-24-15-6-5-12(9-13(15)20-18(23)11-3-4-11)14-10-22-16(19-14)7-8-17(21-22)25-2/h5-11H,3-4H2,1-2H3,(H,20,23). The van der Waals surface area contributed by atoms with Gasteiger partial charge in [0.05, 0.1) is 31.8 Å². The van der Waals surface area contributed by atoms with Crippen molar-refractivity contribution in [3.05, 3.63) is 36.5 Å². The number of aromatic nitrogens is 3. The van der Waals surface area contributed by atoms with Gasteiger partial charge in [-0.1, -0.05) is 0 Å². The molecule has 25 heavy (non-hydrogen) atoms. The van der Waals surface area contributed by atoms with Crippen LogP contribution in [0.4, 0.5) is 5.69 Å². The Hall–Kier alpha value is -3.09. The SMILES string of the molecule is COc1ccc2nc(-c3ccc(OC)c(NC(=O)C4CC4)c3)cn2n1. The van der Waals surface area contributed by atoms with Crippen LogP contribution in [-0.2, 0) is 4.79 Å². The van der Waals surface area contributed by atoms with E-state index in [-0.39, 0.29) is 11.8 Å². The van der Waals surface area contributed by atoms with Crippen LogP contribution in [0.2, 0.25) is 0 Å². The summed E-state index contributed by atoms with van der Waals surface area (Å²) >= 11 is 0. The highest BCUT2D eigenvalue weighted by molar-refractivity contribution is 5.96. The van der Waals surface area contributed by atoms with Crippen LogP contribution >= 0.6 is 0 Å². The van der Waals surface area contributed by atoms with E-state index >= 15 is 0 Å². The summed E-state index contributed by atoms with van der Waals surface area (Å²) < 4.78 is 12.2. The van der Waals surface area contributed by atoms with Crippen molar-refractivity contribution in [1.82, 2.24) is 14.6 Å². The first kappa shape index (κ1) is 15.4. The van der Waals surface area contributed by atoms with Crippen molar-refractivity contribution >= 4 is 17.2 Å². The van der Waals surface area contributed by atoms with E-state index in [1.54, 1.807) is 24.8 Å². The van der Waals surface area contributed by atoms with E-state index in [1.807, 2.05) is 30.5 Å². The minimum atomic E-state index is 0.0388. The predicted molar refractivity (Wildman–Crippen MR) is 92.9 cm³/mol. The maximum Gasteiger partial charge on any atom is 0.231 e. The molecule has 7 nitrogen and oxygen atoms in total. The van der Waals surface area contributed by atoms with Gasteiger partial charge in [-0.2, -0.15) is 0 Å². The average Bonchev–Trinajstić information content (AvgIpc) is 3.40. The highest BCUT2D eigenvalue weighted by Crippen LogP contribution is 2.34. The number of methoxy groups -OCH3 is 2. The molecule has 2 heterocycles. The third-order valence-electron chi connectivity index (χ3n) is 4.21. The summed E-state index contributed by atoms with van der Waals surface area (Å²) in [4.78, 5) is 16.7. The lowest BCUT2D eigenvalue weighted by molar-refractivity contribution is -0.117. The Balaban J connectivity index is 1.70. The number of hydrogen-bond donors (Lipinski definition) is 1. The number of amides is 1. The summed E-state index contributed by atoms with van der Waals surface area (Å²) in [6, 6.07) is 9.22.